The first-order valence-electron chi connectivity index (χ1n) is 7.14. The third-order valence-electron chi connectivity index (χ3n) is 3.49. The zero-order valence-electron chi connectivity index (χ0n) is 12.4. The molecule has 1 unspecified atom stereocenters. The molecule has 3 heteroatoms. The Morgan fingerprint density at radius 2 is 1.95 bits per heavy atom. The van der Waals surface area contributed by atoms with Gasteiger partial charge in [-0.1, -0.05) is 41.1 Å². The Bertz CT molecular complexity index is 525. The maximum Gasteiger partial charge on any atom is 0.0368 e. The average molecular weight is 352 g/mol. The highest BCUT2D eigenvalue weighted by Gasteiger charge is 2.14. The van der Waals surface area contributed by atoms with Gasteiger partial charge in [-0.3, -0.25) is 0 Å². The topological polar surface area (TPSA) is 12.0 Å². The van der Waals surface area contributed by atoms with Crippen LogP contribution in [-0.2, 0) is 6.42 Å². The van der Waals surface area contributed by atoms with E-state index in [1.54, 1.807) is 0 Å². The van der Waals surface area contributed by atoms with E-state index < -0.39 is 0 Å². The summed E-state index contributed by atoms with van der Waals surface area (Å²) in [5.74, 6) is 0. The van der Waals surface area contributed by atoms with Crippen LogP contribution in [0.2, 0.25) is 0 Å². The second-order valence-corrected chi connectivity index (χ2v) is 7.08. The molecule has 0 fully saturated rings. The largest absolute Gasteiger partial charge is 0.310 e. The van der Waals surface area contributed by atoms with Gasteiger partial charge in [0, 0.05) is 21.8 Å². The lowest BCUT2D eigenvalue weighted by atomic mass is 9.98. The van der Waals surface area contributed by atoms with Crippen LogP contribution in [0.1, 0.15) is 41.0 Å². The van der Waals surface area contributed by atoms with Gasteiger partial charge in [-0.2, -0.15) is 0 Å². The van der Waals surface area contributed by atoms with E-state index in [0.717, 1.165) is 19.4 Å². The zero-order chi connectivity index (χ0) is 14.5. The van der Waals surface area contributed by atoms with Crippen LogP contribution in [0.5, 0.6) is 0 Å². The van der Waals surface area contributed by atoms with Gasteiger partial charge in [0.2, 0.25) is 0 Å². The number of benzene rings is 1. The molecular weight excluding hydrogens is 330 g/mol. The van der Waals surface area contributed by atoms with E-state index in [1.807, 2.05) is 11.3 Å². The standard InChI is InChI=1S/C17H22BrNS/c1-4-7-19-16(11-15-6-5-8-20-15)14-9-12(2)17(18)13(3)10-14/h5-6,8-10,16,19H,4,7,11H2,1-3H3. The SMILES string of the molecule is CCCNC(Cc1cccs1)c1cc(C)c(Br)c(C)c1. The molecule has 0 radical (unpaired) electrons. The van der Waals surface area contributed by atoms with Crippen molar-refractivity contribution in [3.05, 3.63) is 55.7 Å². The first-order chi connectivity index (χ1) is 9.61. The van der Waals surface area contributed by atoms with E-state index in [4.69, 9.17) is 0 Å². The number of hydrogen-bond donors (Lipinski definition) is 1. The molecule has 0 aliphatic rings. The monoisotopic (exact) mass is 351 g/mol. The minimum atomic E-state index is 0.402. The van der Waals surface area contributed by atoms with Gasteiger partial charge in [0.1, 0.15) is 0 Å². The summed E-state index contributed by atoms with van der Waals surface area (Å²) in [6.07, 6.45) is 2.23. The molecular formula is C17H22BrNS. The fourth-order valence-electron chi connectivity index (χ4n) is 2.44. The van der Waals surface area contributed by atoms with E-state index in [-0.39, 0.29) is 0 Å². The Balaban J connectivity index is 2.25. The molecule has 2 aromatic rings. The second-order valence-electron chi connectivity index (χ2n) is 5.26. The number of aryl methyl sites for hydroxylation is 2. The summed E-state index contributed by atoms with van der Waals surface area (Å²) in [4.78, 5) is 1.44. The molecule has 0 saturated heterocycles. The van der Waals surface area contributed by atoms with Gasteiger partial charge in [-0.05, 0) is 54.9 Å². The Hall–Kier alpha value is -0.640. The molecule has 2 rings (SSSR count). The van der Waals surface area contributed by atoms with E-state index in [1.165, 1.54) is 26.0 Å². The van der Waals surface area contributed by atoms with E-state index in [9.17, 15) is 0 Å². The molecule has 0 spiro atoms. The molecule has 1 nitrogen and oxygen atoms in total. The van der Waals surface area contributed by atoms with Crippen LogP contribution >= 0.6 is 27.3 Å². The predicted octanol–water partition coefficient (Wildman–Crippen LogP) is 5.41. The van der Waals surface area contributed by atoms with Gasteiger partial charge < -0.3 is 5.32 Å². The summed E-state index contributed by atoms with van der Waals surface area (Å²) in [5, 5.41) is 5.85. The van der Waals surface area contributed by atoms with Gasteiger partial charge in [-0.15, -0.1) is 11.3 Å². The Labute approximate surface area is 134 Å². The first kappa shape index (κ1) is 15.7. The molecule has 0 amide bonds. The smallest absolute Gasteiger partial charge is 0.0368 e. The van der Waals surface area contributed by atoms with Crippen molar-refractivity contribution >= 4 is 27.3 Å². The van der Waals surface area contributed by atoms with Crippen LogP contribution in [0.3, 0.4) is 0 Å². The lowest BCUT2D eigenvalue weighted by molar-refractivity contribution is 0.531. The Morgan fingerprint density at radius 3 is 2.50 bits per heavy atom. The van der Waals surface area contributed by atoms with E-state index in [0.29, 0.717) is 6.04 Å². The van der Waals surface area contributed by atoms with Crippen LogP contribution in [0, 0.1) is 13.8 Å². The highest BCUT2D eigenvalue weighted by Crippen LogP contribution is 2.28. The van der Waals surface area contributed by atoms with Gasteiger partial charge in [0.25, 0.3) is 0 Å². The van der Waals surface area contributed by atoms with Crippen molar-refractivity contribution in [2.75, 3.05) is 6.54 Å². The molecule has 0 aliphatic heterocycles. The molecule has 0 saturated carbocycles. The maximum atomic E-state index is 3.69. The molecule has 1 N–H and O–H groups in total. The fourth-order valence-corrected chi connectivity index (χ4v) is 3.42. The van der Waals surface area contributed by atoms with E-state index >= 15 is 0 Å². The van der Waals surface area contributed by atoms with Gasteiger partial charge >= 0.3 is 0 Å². The van der Waals surface area contributed by atoms with Crippen molar-refractivity contribution in [1.29, 1.82) is 0 Å². The van der Waals surface area contributed by atoms with Crippen LogP contribution in [0.25, 0.3) is 0 Å². The van der Waals surface area contributed by atoms with Crippen molar-refractivity contribution in [3.8, 4) is 0 Å². The molecule has 1 heterocycles. The maximum absolute atomic E-state index is 3.69. The second kappa shape index (κ2) is 7.39. The van der Waals surface area contributed by atoms with Crippen molar-refractivity contribution < 1.29 is 0 Å². The van der Waals surface area contributed by atoms with Gasteiger partial charge in [0.05, 0.1) is 0 Å². The summed E-state index contributed by atoms with van der Waals surface area (Å²) in [5.41, 5.74) is 4.02. The average Bonchev–Trinajstić information content (AvgIpc) is 2.93. The molecule has 108 valence electrons. The van der Waals surface area contributed by atoms with Crippen LogP contribution in [0.15, 0.2) is 34.1 Å². The highest BCUT2D eigenvalue weighted by atomic mass is 79.9. The molecule has 0 aliphatic carbocycles. The third-order valence-corrected chi connectivity index (χ3v) is 5.64. The van der Waals surface area contributed by atoms with Crippen LogP contribution in [-0.4, -0.2) is 6.54 Å². The Morgan fingerprint density at radius 1 is 1.25 bits per heavy atom. The van der Waals surface area contributed by atoms with Crippen molar-refractivity contribution in [3.63, 3.8) is 0 Å². The minimum Gasteiger partial charge on any atom is -0.310 e. The highest BCUT2D eigenvalue weighted by molar-refractivity contribution is 9.10. The Kier molecular flexibility index (Phi) is 5.82. The van der Waals surface area contributed by atoms with Crippen LogP contribution < -0.4 is 5.32 Å². The van der Waals surface area contributed by atoms with Crippen molar-refractivity contribution in [1.82, 2.24) is 5.32 Å². The van der Waals surface area contributed by atoms with Crippen LogP contribution in [0.4, 0.5) is 0 Å². The van der Waals surface area contributed by atoms with E-state index in [2.05, 4.69) is 71.7 Å². The third kappa shape index (κ3) is 3.94. The number of rotatable bonds is 6. The lowest BCUT2D eigenvalue weighted by Crippen LogP contribution is -2.24. The van der Waals surface area contributed by atoms with Crippen molar-refractivity contribution in [2.45, 2.75) is 39.7 Å². The first-order valence-corrected chi connectivity index (χ1v) is 8.81. The van der Waals surface area contributed by atoms with Gasteiger partial charge in [0.15, 0.2) is 0 Å². The fraction of sp³-hybridized carbons (Fsp3) is 0.412. The summed E-state index contributed by atoms with van der Waals surface area (Å²) in [7, 11) is 0. The molecule has 0 bridgehead atoms. The molecule has 1 aromatic heterocycles. The normalized spacial score (nSPS) is 12.6. The summed E-state index contributed by atoms with van der Waals surface area (Å²) in [6, 6.07) is 9.37. The molecule has 1 aromatic carbocycles. The summed E-state index contributed by atoms with van der Waals surface area (Å²) in [6.45, 7) is 7.61. The minimum absolute atomic E-state index is 0.402. The number of thiophene rings is 1. The zero-order valence-corrected chi connectivity index (χ0v) is 14.8. The van der Waals surface area contributed by atoms with Crippen molar-refractivity contribution in [2.24, 2.45) is 0 Å². The number of hydrogen-bond acceptors (Lipinski definition) is 2. The lowest BCUT2D eigenvalue weighted by Gasteiger charge is -2.20. The number of halogens is 1. The summed E-state index contributed by atoms with van der Waals surface area (Å²) >= 11 is 5.50. The quantitative estimate of drug-likeness (QED) is 0.733. The predicted molar refractivity (Wildman–Crippen MR) is 92.7 cm³/mol. The number of nitrogens with one attached hydrogen (secondary N) is 1. The molecule has 1 atom stereocenters. The van der Waals surface area contributed by atoms with Gasteiger partial charge in [-0.25, -0.2) is 0 Å². The molecule has 20 heavy (non-hydrogen) atoms. The summed E-state index contributed by atoms with van der Waals surface area (Å²) < 4.78 is 1.23.